The number of carbonyl (C=O) groups excluding carboxylic acids is 2. The minimum absolute atomic E-state index is 0.0960. The molecule has 8 nitrogen and oxygen atoms in total. The Morgan fingerprint density at radius 2 is 1.49 bits per heavy atom. The topological polar surface area (TPSA) is 86.3 Å². The van der Waals surface area contributed by atoms with Gasteiger partial charge in [-0.25, -0.2) is 0 Å². The zero-order chi connectivity index (χ0) is 28.0. The molecule has 3 aromatic rings. The number of nitrogens with zero attached hydrogens (tertiary/aromatic N) is 1. The number of ether oxygens (including phenoxy) is 4. The van der Waals surface area contributed by atoms with E-state index in [1.165, 1.54) is 0 Å². The van der Waals surface area contributed by atoms with Crippen LogP contribution in [0.5, 0.6) is 17.2 Å². The lowest BCUT2D eigenvalue weighted by atomic mass is 10.0. The Morgan fingerprint density at radius 3 is 2.13 bits per heavy atom. The number of nitrogens with one attached hydrogen (secondary N) is 1. The number of hydrogen-bond acceptors (Lipinski definition) is 6. The van der Waals surface area contributed by atoms with Crippen LogP contribution in [0.3, 0.4) is 0 Å². The van der Waals surface area contributed by atoms with Crippen molar-refractivity contribution < 1.29 is 28.5 Å². The monoisotopic (exact) mass is 534 g/mol. The molecule has 3 aromatic carbocycles. The Hall–Kier alpha value is -4.04. The van der Waals surface area contributed by atoms with Crippen LogP contribution in [0.2, 0.25) is 0 Å². The molecular formula is C31H38N2O6. The molecule has 0 bridgehead atoms. The Kier molecular flexibility index (Phi) is 11.6. The van der Waals surface area contributed by atoms with Crippen LogP contribution < -0.4 is 19.5 Å². The molecule has 0 saturated heterocycles. The summed E-state index contributed by atoms with van der Waals surface area (Å²) in [5.74, 6) is 1.47. The second-order valence-electron chi connectivity index (χ2n) is 9.08. The molecule has 0 spiro atoms. The fourth-order valence-corrected chi connectivity index (χ4v) is 4.29. The number of rotatable bonds is 15. The summed E-state index contributed by atoms with van der Waals surface area (Å²) in [6, 6.07) is 21.9. The Labute approximate surface area is 230 Å². The van der Waals surface area contributed by atoms with E-state index in [1.807, 2.05) is 60.7 Å². The molecule has 1 atom stereocenters. The van der Waals surface area contributed by atoms with E-state index in [9.17, 15) is 9.59 Å². The number of amides is 2. The minimum Gasteiger partial charge on any atom is -0.497 e. The first kappa shape index (κ1) is 29.5. The van der Waals surface area contributed by atoms with Crippen molar-refractivity contribution in [1.82, 2.24) is 10.2 Å². The summed E-state index contributed by atoms with van der Waals surface area (Å²) in [4.78, 5) is 29.2. The van der Waals surface area contributed by atoms with Gasteiger partial charge in [0.1, 0.15) is 11.8 Å². The van der Waals surface area contributed by atoms with E-state index in [0.717, 1.165) is 22.4 Å². The van der Waals surface area contributed by atoms with Crippen molar-refractivity contribution in [2.75, 3.05) is 41.6 Å². The highest BCUT2D eigenvalue weighted by atomic mass is 16.5. The predicted octanol–water partition coefficient (Wildman–Crippen LogP) is 4.05. The molecule has 0 aromatic heterocycles. The second-order valence-corrected chi connectivity index (χ2v) is 9.08. The van der Waals surface area contributed by atoms with Gasteiger partial charge in [-0.1, -0.05) is 48.5 Å². The molecular weight excluding hydrogens is 496 g/mol. The van der Waals surface area contributed by atoms with Crippen LogP contribution in [0.1, 0.15) is 23.1 Å². The van der Waals surface area contributed by atoms with Crippen molar-refractivity contribution in [3.63, 3.8) is 0 Å². The average Bonchev–Trinajstić information content (AvgIpc) is 2.97. The third-order valence-corrected chi connectivity index (χ3v) is 6.41. The van der Waals surface area contributed by atoms with Crippen molar-refractivity contribution in [3.8, 4) is 17.2 Å². The van der Waals surface area contributed by atoms with E-state index >= 15 is 0 Å². The summed E-state index contributed by atoms with van der Waals surface area (Å²) in [5.41, 5.74) is 2.62. The van der Waals surface area contributed by atoms with Crippen molar-refractivity contribution in [2.45, 2.75) is 31.8 Å². The van der Waals surface area contributed by atoms with Crippen LogP contribution in [-0.4, -0.2) is 64.3 Å². The van der Waals surface area contributed by atoms with Gasteiger partial charge in [0, 0.05) is 33.2 Å². The van der Waals surface area contributed by atoms with Gasteiger partial charge in [0.15, 0.2) is 11.5 Å². The van der Waals surface area contributed by atoms with E-state index < -0.39 is 6.04 Å². The average molecular weight is 535 g/mol. The van der Waals surface area contributed by atoms with Gasteiger partial charge in [-0.05, 0) is 47.4 Å². The molecule has 0 fully saturated rings. The molecule has 0 aliphatic heterocycles. The van der Waals surface area contributed by atoms with Gasteiger partial charge in [-0.2, -0.15) is 0 Å². The number of methoxy groups -OCH3 is 4. The lowest BCUT2D eigenvalue weighted by Crippen LogP contribution is -2.51. The molecule has 2 amide bonds. The first-order chi connectivity index (χ1) is 19.0. The van der Waals surface area contributed by atoms with Crippen LogP contribution in [0.15, 0.2) is 72.8 Å². The Bertz CT molecular complexity index is 1180. The molecule has 0 saturated carbocycles. The summed E-state index contributed by atoms with van der Waals surface area (Å²) in [6.45, 7) is 1.26. The lowest BCUT2D eigenvalue weighted by Gasteiger charge is -2.32. The standard InChI is InChI=1S/C31H38N2O6/c1-36-18-8-17-32-31(35)27(19-23-9-6-5-7-10-23)33(22-24-11-14-26(37-2)15-12-24)30(34)21-25-13-16-28(38-3)29(20-25)39-4/h5-7,9-16,20,27H,8,17-19,21-22H2,1-4H3,(H,32,35)/t27-/m1/s1. The summed E-state index contributed by atoms with van der Waals surface area (Å²) in [6.07, 6.45) is 1.15. The largest absolute Gasteiger partial charge is 0.497 e. The molecule has 39 heavy (non-hydrogen) atoms. The third-order valence-electron chi connectivity index (χ3n) is 6.41. The van der Waals surface area contributed by atoms with Gasteiger partial charge in [0.2, 0.25) is 11.8 Å². The highest BCUT2D eigenvalue weighted by Gasteiger charge is 2.30. The Morgan fingerprint density at radius 1 is 0.795 bits per heavy atom. The van der Waals surface area contributed by atoms with Crippen molar-refractivity contribution in [3.05, 3.63) is 89.5 Å². The van der Waals surface area contributed by atoms with Crippen LogP contribution >= 0.6 is 0 Å². The summed E-state index contributed by atoms with van der Waals surface area (Å²) in [5, 5.41) is 3.01. The minimum atomic E-state index is -0.718. The lowest BCUT2D eigenvalue weighted by molar-refractivity contribution is -0.140. The Balaban J connectivity index is 1.94. The molecule has 0 unspecified atom stereocenters. The maximum absolute atomic E-state index is 13.9. The van der Waals surface area contributed by atoms with E-state index in [2.05, 4.69) is 5.32 Å². The fourth-order valence-electron chi connectivity index (χ4n) is 4.29. The number of carbonyl (C=O) groups is 2. The molecule has 0 radical (unpaired) electrons. The van der Waals surface area contributed by atoms with E-state index in [1.54, 1.807) is 45.5 Å². The first-order valence-electron chi connectivity index (χ1n) is 12.9. The van der Waals surface area contributed by atoms with Crippen LogP contribution in [0.25, 0.3) is 0 Å². The van der Waals surface area contributed by atoms with E-state index in [0.29, 0.717) is 37.5 Å². The van der Waals surface area contributed by atoms with E-state index in [4.69, 9.17) is 18.9 Å². The van der Waals surface area contributed by atoms with E-state index in [-0.39, 0.29) is 24.8 Å². The smallest absolute Gasteiger partial charge is 0.243 e. The highest BCUT2D eigenvalue weighted by Crippen LogP contribution is 2.28. The highest BCUT2D eigenvalue weighted by molar-refractivity contribution is 5.89. The molecule has 0 aliphatic rings. The molecule has 8 heteroatoms. The van der Waals surface area contributed by atoms with Gasteiger partial charge < -0.3 is 29.2 Å². The van der Waals surface area contributed by atoms with Crippen molar-refractivity contribution in [1.29, 1.82) is 0 Å². The summed E-state index contributed by atoms with van der Waals surface area (Å²) in [7, 11) is 6.36. The fraction of sp³-hybridized carbons (Fsp3) is 0.355. The number of benzene rings is 3. The van der Waals surface area contributed by atoms with Gasteiger partial charge in [-0.15, -0.1) is 0 Å². The maximum Gasteiger partial charge on any atom is 0.243 e. The van der Waals surface area contributed by atoms with Crippen LogP contribution in [-0.2, 0) is 33.7 Å². The zero-order valence-corrected chi connectivity index (χ0v) is 23.1. The molecule has 3 rings (SSSR count). The maximum atomic E-state index is 13.9. The van der Waals surface area contributed by atoms with Gasteiger partial charge >= 0.3 is 0 Å². The predicted molar refractivity (Wildman–Crippen MR) is 150 cm³/mol. The summed E-state index contributed by atoms with van der Waals surface area (Å²) >= 11 is 0. The van der Waals surface area contributed by atoms with Gasteiger partial charge in [-0.3, -0.25) is 9.59 Å². The quantitative estimate of drug-likeness (QED) is 0.296. The zero-order valence-electron chi connectivity index (χ0n) is 23.1. The van der Waals surface area contributed by atoms with Gasteiger partial charge in [0.05, 0.1) is 27.8 Å². The van der Waals surface area contributed by atoms with Crippen molar-refractivity contribution in [2.24, 2.45) is 0 Å². The van der Waals surface area contributed by atoms with Crippen LogP contribution in [0, 0.1) is 0 Å². The van der Waals surface area contributed by atoms with Crippen molar-refractivity contribution >= 4 is 11.8 Å². The summed E-state index contributed by atoms with van der Waals surface area (Å²) < 4.78 is 21.2. The normalized spacial score (nSPS) is 11.4. The van der Waals surface area contributed by atoms with Gasteiger partial charge in [0.25, 0.3) is 0 Å². The molecule has 0 aliphatic carbocycles. The molecule has 1 N–H and O–H groups in total. The third kappa shape index (κ3) is 8.75. The second kappa shape index (κ2) is 15.4. The first-order valence-corrected chi connectivity index (χ1v) is 12.9. The number of hydrogen-bond donors (Lipinski definition) is 1. The molecule has 208 valence electrons. The molecule has 0 heterocycles. The van der Waals surface area contributed by atoms with Crippen LogP contribution in [0.4, 0.5) is 0 Å². The SMILES string of the molecule is COCCCNC(=O)[C@@H](Cc1ccccc1)N(Cc1ccc(OC)cc1)C(=O)Cc1ccc(OC)c(OC)c1.